The third kappa shape index (κ3) is 4.15. The van der Waals surface area contributed by atoms with Crippen LogP contribution in [0.15, 0.2) is 23.2 Å². The number of hydrogen-bond acceptors (Lipinski definition) is 5. The van der Waals surface area contributed by atoms with Crippen molar-refractivity contribution in [2.24, 2.45) is 0 Å². The van der Waals surface area contributed by atoms with Crippen molar-refractivity contribution in [1.29, 1.82) is 0 Å². The molecule has 6 heteroatoms. The summed E-state index contributed by atoms with van der Waals surface area (Å²) in [7, 11) is 0. The Morgan fingerprint density at radius 1 is 1.24 bits per heavy atom. The van der Waals surface area contributed by atoms with Gasteiger partial charge in [0, 0.05) is 11.4 Å². The van der Waals surface area contributed by atoms with Crippen LogP contribution in [0.4, 0.5) is 0 Å². The van der Waals surface area contributed by atoms with Crippen molar-refractivity contribution in [1.82, 2.24) is 15.0 Å². The van der Waals surface area contributed by atoms with Gasteiger partial charge >= 0.3 is 0 Å². The lowest BCUT2D eigenvalue weighted by atomic mass is 10.2. The number of hydrogen-bond donors (Lipinski definition) is 0. The summed E-state index contributed by atoms with van der Waals surface area (Å²) in [6.45, 7) is 7.11. The molecule has 0 saturated carbocycles. The largest absolute Gasteiger partial charge is 0.333 e. The topological polar surface area (TPSA) is 42.2 Å². The van der Waals surface area contributed by atoms with Crippen LogP contribution in [-0.2, 0) is 6.54 Å². The highest BCUT2D eigenvalue weighted by Crippen LogP contribution is 2.28. The van der Waals surface area contributed by atoms with E-state index in [1.807, 2.05) is 0 Å². The van der Waals surface area contributed by atoms with Crippen molar-refractivity contribution in [3.63, 3.8) is 0 Å². The van der Waals surface area contributed by atoms with Crippen molar-refractivity contribution >= 4 is 29.8 Å². The number of thiophene rings is 1. The second-order valence-corrected chi connectivity index (χ2v) is 6.29. The summed E-state index contributed by atoms with van der Waals surface area (Å²) < 4.78 is 5.23. The Morgan fingerprint density at radius 2 is 2.00 bits per heavy atom. The second kappa shape index (κ2) is 7.73. The molecule has 0 aliphatic carbocycles. The minimum Gasteiger partial charge on any atom is -0.333 e. The lowest BCUT2D eigenvalue weighted by molar-refractivity contribution is 0.279. The highest BCUT2D eigenvalue weighted by atomic mass is 35.5. The first-order valence-electron chi connectivity index (χ1n) is 7.13. The molecule has 0 amide bonds. The summed E-state index contributed by atoms with van der Waals surface area (Å²) in [5.74, 6) is 1.13. The van der Waals surface area contributed by atoms with E-state index in [9.17, 15) is 0 Å². The van der Waals surface area contributed by atoms with Crippen molar-refractivity contribution < 1.29 is 4.52 Å². The van der Waals surface area contributed by atoms with Gasteiger partial charge in [-0.2, -0.15) is 4.98 Å². The Balaban J connectivity index is 0.00000161. The number of likely N-dealkylation sites (tertiary alicyclic amines) is 1. The maximum Gasteiger partial charge on any atom is 0.268 e. The van der Waals surface area contributed by atoms with Crippen LogP contribution < -0.4 is 0 Å². The van der Waals surface area contributed by atoms with E-state index < -0.39 is 0 Å². The maximum absolute atomic E-state index is 5.23. The normalized spacial score (nSPS) is 16.2. The third-order valence-electron chi connectivity index (χ3n) is 3.57. The molecule has 0 aromatic carbocycles. The van der Waals surface area contributed by atoms with E-state index in [1.54, 1.807) is 17.4 Å². The first-order valence-corrected chi connectivity index (χ1v) is 7.94. The summed E-state index contributed by atoms with van der Waals surface area (Å²) in [6, 6.07) is 4.24. The molecule has 0 atom stereocenters. The Bertz CT molecular complexity index is 573. The molecular formula is C15H20ClN3OS. The van der Waals surface area contributed by atoms with E-state index in [4.69, 9.17) is 4.52 Å². The van der Waals surface area contributed by atoms with E-state index in [0.29, 0.717) is 11.7 Å². The molecule has 3 heterocycles. The highest BCUT2D eigenvalue weighted by Gasteiger charge is 2.13. The Hall–Kier alpha value is -1.17. The van der Waals surface area contributed by atoms with Gasteiger partial charge in [-0.3, -0.25) is 4.90 Å². The molecule has 21 heavy (non-hydrogen) atoms. The quantitative estimate of drug-likeness (QED) is 0.843. The zero-order valence-corrected chi connectivity index (χ0v) is 13.6. The van der Waals surface area contributed by atoms with E-state index in [1.165, 1.54) is 43.6 Å². The van der Waals surface area contributed by atoms with Crippen molar-refractivity contribution in [2.45, 2.75) is 32.2 Å². The van der Waals surface area contributed by atoms with Gasteiger partial charge in [-0.1, -0.05) is 24.6 Å². The van der Waals surface area contributed by atoms with Gasteiger partial charge in [-0.25, -0.2) is 0 Å². The van der Waals surface area contributed by atoms with E-state index in [-0.39, 0.29) is 12.4 Å². The molecule has 1 aliphatic rings. The van der Waals surface area contributed by atoms with Crippen LogP contribution in [0, 0.1) is 0 Å². The smallest absolute Gasteiger partial charge is 0.268 e. The fourth-order valence-corrected chi connectivity index (χ4v) is 3.48. The average Bonchev–Trinajstić information content (AvgIpc) is 3.04. The van der Waals surface area contributed by atoms with E-state index in [0.717, 1.165) is 11.4 Å². The van der Waals surface area contributed by atoms with Crippen LogP contribution in [0.2, 0.25) is 0 Å². The predicted octanol–water partition coefficient (Wildman–Crippen LogP) is 4.24. The molecular weight excluding hydrogens is 306 g/mol. The molecule has 0 bridgehead atoms. The van der Waals surface area contributed by atoms with Gasteiger partial charge in [-0.15, -0.1) is 23.7 Å². The Morgan fingerprint density at radius 3 is 2.67 bits per heavy atom. The van der Waals surface area contributed by atoms with Crippen molar-refractivity contribution in [3.05, 3.63) is 29.4 Å². The Kier molecular flexibility index (Phi) is 5.96. The number of rotatable bonds is 4. The molecule has 2 aromatic rings. The molecule has 2 aromatic heterocycles. The molecule has 0 unspecified atom stereocenters. The molecule has 114 valence electrons. The van der Waals surface area contributed by atoms with Crippen molar-refractivity contribution in [2.75, 3.05) is 13.1 Å². The molecule has 1 fully saturated rings. The lowest BCUT2D eigenvalue weighted by Gasteiger charge is -2.18. The number of aromatic nitrogens is 2. The maximum atomic E-state index is 5.23. The molecule has 3 rings (SSSR count). The zero-order valence-electron chi connectivity index (χ0n) is 12.0. The fraction of sp³-hybridized carbons (Fsp3) is 0.467. The first-order chi connectivity index (χ1) is 9.85. The summed E-state index contributed by atoms with van der Waals surface area (Å²) in [6.07, 6.45) is 6.99. The van der Waals surface area contributed by atoms with Gasteiger partial charge < -0.3 is 4.52 Å². The summed E-state index contributed by atoms with van der Waals surface area (Å²) in [5.41, 5.74) is 0. The van der Waals surface area contributed by atoms with Crippen LogP contribution >= 0.6 is 23.7 Å². The Labute approximate surface area is 135 Å². The molecule has 0 radical (unpaired) electrons. The summed E-state index contributed by atoms with van der Waals surface area (Å²) in [4.78, 5) is 9.22. The van der Waals surface area contributed by atoms with Crippen LogP contribution in [0.25, 0.3) is 16.8 Å². The first kappa shape index (κ1) is 16.2. The minimum absolute atomic E-state index is 0. The van der Waals surface area contributed by atoms with Gasteiger partial charge in [0.1, 0.15) is 0 Å². The van der Waals surface area contributed by atoms with Gasteiger partial charge in [0.05, 0.1) is 4.88 Å². The van der Waals surface area contributed by atoms with Crippen LogP contribution in [0.1, 0.15) is 36.4 Å². The zero-order chi connectivity index (χ0) is 13.8. The highest BCUT2D eigenvalue weighted by molar-refractivity contribution is 7.15. The standard InChI is InChI=1S/C15H19N3OS.ClH/c1-2-14-16-15(19-17-14)13-8-7-12(20-13)11-18-9-5-3-4-6-10-18;/h2,7-8H,1,3-6,9-11H2;1H. The van der Waals surface area contributed by atoms with Crippen LogP contribution in [-0.4, -0.2) is 28.1 Å². The molecule has 0 spiro atoms. The molecule has 1 aliphatic heterocycles. The number of nitrogens with zero attached hydrogens (tertiary/aromatic N) is 3. The second-order valence-electron chi connectivity index (χ2n) is 5.12. The monoisotopic (exact) mass is 325 g/mol. The SMILES string of the molecule is C=Cc1noc(-c2ccc(CN3CCCCCC3)s2)n1.Cl. The van der Waals surface area contributed by atoms with Crippen LogP contribution in [0.3, 0.4) is 0 Å². The van der Waals surface area contributed by atoms with Crippen molar-refractivity contribution in [3.8, 4) is 10.8 Å². The van der Waals surface area contributed by atoms with E-state index >= 15 is 0 Å². The fourth-order valence-electron chi connectivity index (χ4n) is 2.51. The minimum atomic E-state index is 0. The van der Waals surface area contributed by atoms with Gasteiger partial charge in [0.2, 0.25) is 0 Å². The van der Waals surface area contributed by atoms with Gasteiger partial charge in [0.25, 0.3) is 5.89 Å². The van der Waals surface area contributed by atoms with Gasteiger partial charge in [-0.05, 0) is 44.1 Å². The molecule has 4 nitrogen and oxygen atoms in total. The predicted molar refractivity (Wildman–Crippen MR) is 88.7 cm³/mol. The van der Waals surface area contributed by atoms with Gasteiger partial charge in [0.15, 0.2) is 5.82 Å². The summed E-state index contributed by atoms with van der Waals surface area (Å²) in [5, 5.41) is 3.84. The molecule has 1 saturated heterocycles. The summed E-state index contributed by atoms with van der Waals surface area (Å²) >= 11 is 1.74. The van der Waals surface area contributed by atoms with Crippen LogP contribution in [0.5, 0.6) is 0 Å². The lowest BCUT2D eigenvalue weighted by Crippen LogP contribution is -2.23. The van der Waals surface area contributed by atoms with E-state index in [2.05, 4.69) is 33.8 Å². The third-order valence-corrected chi connectivity index (χ3v) is 4.63. The average molecular weight is 326 g/mol. The number of halogens is 1. The molecule has 0 N–H and O–H groups in total.